The van der Waals surface area contributed by atoms with Crippen LogP contribution in [0.4, 0.5) is 0 Å². The number of morpholine rings is 1. The van der Waals surface area contributed by atoms with Crippen molar-refractivity contribution in [2.45, 2.75) is 18.9 Å². The van der Waals surface area contributed by atoms with Gasteiger partial charge in [-0.3, -0.25) is 4.79 Å². The van der Waals surface area contributed by atoms with E-state index in [9.17, 15) is 4.79 Å². The number of methoxy groups -OCH3 is 1. The van der Waals surface area contributed by atoms with Crippen LogP contribution in [-0.4, -0.2) is 49.8 Å². The maximum Gasteiger partial charge on any atom is 0.246 e. The molecule has 86 valence electrons. The number of ether oxygens (including phenoxy) is 2. The summed E-state index contributed by atoms with van der Waals surface area (Å²) in [5.41, 5.74) is -0.285. The van der Waals surface area contributed by atoms with E-state index < -0.39 is 0 Å². The fourth-order valence-corrected chi connectivity index (χ4v) is 1.72. The van der Waals surface area contributed by atoms with Gasteiger partial charge in [0.05, 0.1) is 12.2 Å². The van der Waals surface area contributed by atoms with E-state index >= 15 is 0 Å². The SMILES string of the molecule is C=CC(=O)N1CCOC(C)(CCOC)C1. The van der Waals surface area contributed by atoms with Gasteiger partial charge in [0.15, 0.2) is 0 Å². The molecule has 1 fully saturated rings. The topological polar surface area (TPSA) is 38.8 Å². The van der Waals surface area contributed by atoms with Gasteiger partial charge in [0.2, 0.25) is 5.91 Å². The van der Waals surface area contributed by atoms with Crippen LogP contribution >= 0.6 is 0 Å². The lowest BCUT2D eigenvalue weighted by molar-refractivity contribution is -0.145. The Balaban J connectivity index is 2.53. The van der Waals surface area contributed by atoms with E-state index in [1.807, 2.05) is 6.92 Å². The largest absolute Gasteiger partial charge is 0.385 e. The summed E-state index contributed by atoms with van der Waals surface area (Å²) in [5.74, 6) is -0.0260. The van der Waals surface area contributed by atoms with Gasteiger partial charge in [0.25, 0.3) is 0 Å². The molecule has 1 heterocycles. The third kappa shape index (κ3) is 3.32. The molecular formula is C11H19NO3. The number of amides is 1. The Hall–Kier alpha value is -0.870. The van der Waals surface area contributed by atoms with Crippen LogP contribution in [0, 0.1) is 0 Å². The van der Waals surface area contributed by atoms with Crippen molar-refractivity contribution in [1.82, 2.24) is 4.90 Å². The first-order valence-electron chi connectivity index (χ1n) is 5.15. The van der Waals surface area contributed by atoms with Crippen molar-refractivity contribution in [3.63, 3.8) is 0 Å². The van der Waals surface area contributed by atoms with Crippen molar-refractivity contribution in [3.8, 4) is 0 Å². The predicted octanol–water partition coefficient (Wildman–Crippen LogP) is 0.826. The molecule has 4 heteroatoms. The Bertz CT molecular complexity index is 242. The van der Waals surface area contributed by atoms with Crippen LogP contribution in [0.2, 0.25) is 0 Å². The second kappa shape index (κ2) is 5.28. The van der Waals surface area contributed by atoms with Gasteiger partial charge in [-0.05, 0) is 13.0 Å². The molecule has 1 rings (SSSR count). The van der Waals surface area contributed by atoms with Crippen molar-refractivity contribution in [1.29, 1.82) is 0 Å². The van der Waals surface area contributed by atoms with Gasteiger partial charge in [-0.2, -0.15) is 0 Å². The normalized spacial score (nSPS) is 26.4. The molecule has 1 aliphatic rings. The zero-order chi connectivity index (χ0) is 11.3. The highest BCUT2D eigenvalue weighted by atomic mass is 16.5. The standard InChI is InChI=1S/C11H19NO3/c1-4-10(13)12-6-8-15-11(2,9-12)5-7-14-3/h4H,1,5-9H2,2-3H3. The second-order valence-corrected chi connectivity index (χ2v) is 4.01. The molecule has 0 aromatic rings. The summed E-state index contributed by atoms with van der Waals surface area (Å²) in [6.45, 7) is 7.98. The molecule has 1 aliphatic heterocycles. The first-order valence-corrected chi connectivity index (χ1v) is 5.15. The van der Waals surface area contributed by atoms with E-state index in [0.29, 0.717) is 26.3 Å². The summed E-state index contributed by atoms with van der Waals surface area (Å²) in [6, 6.07) is 0. The molecule has 0 saturated carbocycles. The monoisotopic (exact) mass is 213 g/mol. The molecular weight excluding hydrogens is 194 g/mol. The van der Waals surface area contributed by atoms with Crippen molar-refractivity contribution in [3.05, 3.63) is 12.7 Å². The fourth-order valence-electron chi connectivity index (χ4n) is 1.72. The first kappa shape index (κ1) is 12.2. The molecule has 1 unspecified atom stereocenters. The van der Waals surface area contributed by atoms with Crippen LogP contribution in [0.25, 0.3) is 0 Å². The highest BCUT2D eigenvalue weighted by Gasteiger charge is 2.32. The molecule has 0 spiro atoms. The zero-order valence-corrected chi connectivity index (χ0v) is 9.49. The van der Waals surface area contributed by atoms with Gasteiger partial charge in [-0.15, -0.1) is 0 Å². The number of hydrogen-bond donors (Lipinski definition) is 0. The molecule has 1 amide bonds. The highest BCUT2D eigenvalue weighted by molar-refractivity contribution is 5.87. The summed E-state index contributed by atoms with van der Waals surface area (Å²) in [6.07, 6.45) is 2.15. The molecule has 15 heavy (non-hydrogen) atoms. The van der Waals surface area contributed by atoms with E-state index in [2.05, 4.69) is 6.58 Å². The Morgan fingerprint density at radius 1 is 1.73 bits per heavy atom. The van der Waals surface area contributed by atoms with E-state index in [0.717, 1.165) is 6.42 Å². The minimum atomic E-state index is -0.285. The molecule has 0 aromatic heterocycles. The molecule has 0 N–H and O–H groups in total. The number of rotatable bonds is 4. The average Bonchev–Trinajstić information content (AvgIpc) is 2.25. The van der Waals surface area contributed by atoms with Crippen LogP contribution in [0.15, 0.2) is 12.7 Å². The van der Waals surface area contributed by atoms with E-state index in [-0.39, 0.29) is 11.5 Å². The van der Waals surface area contributed by atoms with Gasteiger partial charge in [0.1, 0.15) is 0 Å². The predicted molar refractivity (Wildman–Crippen MR) is 57.6 cm³/mol. The number of carbonyl (C=O) groups is 1. The van der Waals surface area contributed by atoms with Crippen molar-refractivity contribution >= 4 is 5.91 Å². The third-order valence-electron chi connectivity index (χ3n) is 2.66. The lowest BCUT2D eigenvalue weighted by atomic mass is 10.0. The lowest BCUT2D eigenvalue weighted by Gasteiger charge is -2.40. The smallest absolute Gasteiger partial charge is 0.246 e. The Morgan fingerprint density at radius 2 is 2.47 bits per heavy atom. The number of carbonyl (C=O) groups excluding carboxylic acids is 1. The van der Waals surface area contributed by atoms with Crippen molar-refractivity contribution < 1.29 is 14.3 Å². The molecule has 0 radical (unpaired) electrons. The van der Waals surface area contributed by atoms with Crippen LogP contribution < -0.4 is 0 Å². The number of nitrogens with zero attached hydrogens (tertiary/aromatic N) is 1. The molecule has 4 nitrogen and oxygen atoms in total. The molecule has 1 saturated heterocycles. The number of hydrogen-bond acceptors (Lipinski definition) is 3. The second-order valence-electron chi connectivity index (χ2n) is 4.01. The Morgan fingerprint density at radius 3 is 3.07 bits per heavy atom. The third-order valence-corrected chi connectivity index (χ3v) is 2.66. The highest BCUT2D eigenvalue weighted by Crippen LogP contribution is 2.21. The van der Waals surface area contributed by atoms with Crippen molar-refractivity contribution in [2.24, 2.45) is 0 Å². The van der Waals surface area contributed by atoms with Gasteiger partial charge in [-0.25, -0.2) is 0 Å². The van der Waals surface area contributed by atoms with Crippen LogP contribution in [0.3, 0.4) is 0 Å². The molecule has 0 bridgehead atoms. The van der Waals surface area contributed by atoms with Gasteiger partial charge < -0.3 is 14.4 Å². The van der Waals surface area contributed by atoms with E-state index in [1.54, 1.807) is 12.0 Å². The molecule has 0 aliphatic carbocycles. The average molecular weight is 213 g/mol. The zero-order valence-electron chi connectivity index (χ0n) is 9.49. The van der Waals surface area contributed by atoms with Gasteiger partial charge in [0, 0.05) is 33.2 Å². The fraction of sp³-hybridized carbons (Fsp3) is 0.727. The summed E-state index contributed by atoms with van der Waals surface area (Å²) in [7, 11) is 1.67. The summed E-state index contributed by atoms with van der Waals surface area (Å²) < 4.78 is 10.7. The maximum atomic E-state index is 11.4. The Kier molecular flexibility index (Phi) is 4.29. The summed E-state index contributed by atoms with van der Waals surface area (Å²) >= 11 is 0. The molecule has 1 atom stereocenters. The summed E-state index contributed by atoms with van der Waals surface area (Å²) in [5, 5.41) is 0. The maximum absolute atomic E-state index is 11.4. The summed E-state index contributed by atoms with van der Waals surface area (Å²) in [4.78, 5) is 13.2. The van der Waals surface area contributed by atoms with Gasteiger partial charge >= 0.3 is 0 Å². The van der Waals surface area contributed by atoms with Crippen LogP contribution in [-0.2, 0) is 14.3 Å². The Labute approximate surface area is 90.8 Å². The quantitative estimate of drug-likeness (QED) is 0.649. The lowest BCUT2D eigenvalue weighted by Crippen LogP contribution is -2.52. The van der Waals surface area contributed by atoms with E-state index in [4.69, 9.17) is 9.47 Å². The first-order chi connectivity index (χ1) is 7.11. The minimum absolute atomic E-state index is 0.0260. The van der Waals surface area contributed by atoms with E-state index in [1.165, 1.54) is 6.08 Å². The van der Waals surface area contributed by atoms with Gasteiger partial charge in [-0.1, -0.05) is 6.58 Å². The van der Waals surface area contributed by atoms with Crippen molar-refractivity contribution in [2.75, 3.05) is 33.4 Å². The minimum Gasteiger partial charge on any atom is -0.385 e. The molecule has 0 aromatic carbocycles. The van der Waals surface area contributed by atoms with Crippen LogP contribution in [0.5, 0.6) is 0 Å². The van der Waals surface area contributed by atoms with Crippen LogP contribution in [0.1, 0.15) is 13.3 Å².